The maximum Gasteiger partial charge on any atom is 0.407 e. The first kappa shape index (κ1) is 30.3. The molecule has 6 atom stereocenters. The van der Waals surface area contributed by atoms with E-state index < -0.39 is 71.8 Å². The lowest BCUT2D eigenvalue weighted by Crippen LogP contribution is -2.60. The molecule has 0 spiro atoms. The molecule has 2 fully saturated rings. The molecule has 0 aromatic carbocycles. The third kappa shape index (κ3) is 9.47. The van der Waals surface area contributed by atoms with Gasteiger partial charge >= 0.3 is 12.1 Å². The fraction of sp³-hybridized carbons (Fsp3) is 0.792. The van der Waals surface area contributed by atoms with Crippen LogP contribution in [0, 0.1) is 0 Å². The summed E-state index contributed by atoms with van der Waals surface area (Å²) < 4.78 is 21.1. The van der Waals surface area contributed by atoms with Crippen molar-refractivity contribution in [3.63, 3.8) is 0 Å². The SMILES string of the molecule is COC(=O)[C@H](C)NC(=O)[C@@H]1OCCC[C@H]1NC(=O)[C@H](C)NC(=O)[C@@H]1OCCC[C@H]1NC(=O)OC(C)(C)C. The highest BCUT2D eigenvalue weighted by atomic mass is 16.6. The fourth-order valence-electron chi connectivity index (χ4n) is 4.03. The summed E-state index contributed by atoms with van der Waals surface area (Å²) in [6.07, 6.45) is -0.391. The molecule has 37 heavy (non-hydrogen) atoms. The molecule has 4 N–H and O–H groups in total. The van der Waals surface area contributed by atoms with Gasteiger partial charge in [0, 0.05) is 13.2 Å². The van der Waals surface area contributed by atoms with Crippen LogP contribution in [0.4, 0.5) is 4.79 Å². The molecular weight excluding hydrogens is 488 g/mol. The highest BCUT2D eigenvalue weighted by Gasteiger charge is 2.38. The van der Waals surface area contributed by atoms with E-state index in [9.17, 15) is 24.0 Å². The van der Waals surface area contributed by atoms with Gasteiger partial charge in [0.25, 0.3) is 11.8 Å². The monoisotopic (exact) mass is 528 g/mol. The number of methoxy groups -OCH3 is 1. The second kappa shape index (κ2) is 13.6. The number of amides is 4. The van der Waals surface area contributed by atoms with Crippen LogP contribution in [0.3, 0.4) is 0 Å². The average Bonchev–Trinajstić information content (AvgIpc) is 2.82. The van der Waals surface area contributed by atoms with Crippen LogP contribution in [0.25, 0.3) is 0 Å². The molecule has 13 heteroatoms. The highest BCUT2D eigenvalue weighted by molar-refractivity contribution is 5.91. The maximum atomic E-state index is 12.9. The van der Waals surface area contributed by atoms with Crippen LogP contribution in [0.15, 0.2) is 0 Å². The highest BCUT2D eigenvalue weighted by Crippen LogP contribution is 2.17. The zero-order valence-corrected chi connectivity index (χ0v) is 22.4. The van der Waals surface area contributed by atoms with Gasteiger partial charge in [-0.15, -0.1) is 0 Å². The van der Waals surface area contributed by atoms with Gasteiger partial charge in [-0.2, -0.15) is 0 Å². The van der Waals surface area contributed by atoms with Crippen molar-refractivity contribution < 1.29 is 42.9 Å². The van der Waals surface area contributed by atoms with Gasteiger partial charge < -0.3 is 40.2 Å². The standard InChI is InChI=1S/C24H40N4O9/c1-13(25-20(30)18-16(10-8-12-36-18)28-23(33)37-24(3,4)5)19(29)27-15-9-7-11-35-17(15)21(31)26-14(2)22(32)34-6/h13-18H,7-12H2,1-6H3,(H,25,30)(H,26,31)(H,27,29)(H,28,33)/t13-,14-,15+,16+,17+,18+/m0/s1. The number of hydrogen-bond donors (Lipinski definition) is 4. The van der Waals surface area contributed by atoms with Crippen LogP contribution >= 0.6 is 0 Å². The van der Waals surface area contributed by atoms with Crippen molar-refractivity contribution >= 4 is 29.8 Å². The molecule has 0 unspecified atom stereocenters. The summed E-state index contributed by atoms with van der Waals surface area (Å²) in [6, 6.07) is -3.11. The Balaban J connectivity index is 1.95. The molecule has 2 heterocycles. The predicted octanol–water partition coefficient (Wildman–Crippen LogP) is -0.0951. The van der Waals surface area contributed by atoms with E-state index >= 15 is 0 Å². The van der Waals surface area contributed by atoms with Crippen molar-refractivity contribution in [2.24, 2.45) is 0 Å². The molecule has 4 amide bonds. The van der Waals surface area contributed by atoms with Crippen LogP contribution in [0.1, 0.15) is 60.3 Å². The summed E-state index contributed by atoms with van der Waals surface area (Å²) in [5.41, 5.74) is -0.696. The quantitative estimate of drug-likeness (QED) is 0.314. The van der Waals surface area contributed by atoms with Crippen LogP contribution in [-0.4, -0.2) is 92.1 Å². The molecule has 13 nitrogen and oxygen atoms in total. The number of esters is 1. The average molecular weight is 529 g/mol. The smallest absolute Gasteiger partial charge is 0.407 e. The Labute approximate surface area is 217 Å². The van der Waals surface area contributed by atoms with Crippen molar-refractivity contribution in [3.8, 4) is 0 Å². The van der Waals surface area contributed by atoms with E-state index in [0.29, 0.717) is 38.9 Å². The van der Waals surface area contributed by atoms with Gasteiger partial charge in [-0.05, 0) is 60.3 Å². The Hall–Kier alpha value is -2.93. The van der Waals surface area contributed by atoms with Gasteiger partial charge in [0.05, 0.1) is 19.2 Å². The topological polar surface area (TPSA) is 170 Å². The van der Waals surface area contributed by atoms with E-state index in [1.165, 1.54) is 21.0 Å². The number of alkyl carbamates (subject to hydrolysis) is 1. The Bertz CT molecular complexity index is 845. The molecule has 0 aromatic rings. The van der Waals surface area contributed by atoms with Gasteiger partial charge in [0.1, 0.15) is 17.7 Å². The number of carbonyl (C=O) groups excluding carboxylic acids is 5. The molecule has 0 aliphatic carbocycles. The zero-order valence-electron chi connectivity index (χ0n) is 22.4. The van der Waals surface area contributed by atoms with E-state index in [1.54, 1.807) is 20.8 Å². The van der Waals surface area contributed by atoms with Crippen molar-refractivity contribution in [2.75, 3.05) is 20.3 Å². The largest absolute Gasteiger partial charge is 0.467 e. The first-order chi connectivity index (χ1) is 17.3. The summed E-state index contributed by atoms with van der Waals surface area (Å²) in [5.74, 6) is -2.23. The summed E-state index contributed by atoms with van der Waals surface area (Å²) in [7, 11) is 1.22. The van der Waals surface area contributed by atoms with E-state index in [2.05, 4.69) is 26.0 Å². The molecule has 0 radical (unpaired) electrons. The molecule has 0 aromatic heterocycles. The first-order valence-corrected chi connectivity index (χ1v) is 12.5. The Kier molecular flexibility index (Phi) is 11.1. The van der Waals surface area contributed by atoms with Crippen LogP contribution < -0.4 is 21.3 Å². The summed E-state index contributed by atoms with van der Waals surface area (Å²) in [5, 5.41) is 10.6. The van der Waals surface area contributed by atoms with Gasteiger partial charge in [-0.1, -0.05) is 0 Å². The second-order valence-corrected chi connectivity index (χ2v) is 10.2. The Morgan fingerprint density at radius 3 is 1.78 bits per heavy atom. The third-order valence-electron chi connectivity index (χ3n) is 5.86. The molecule has 2 rings (SSSR count). The van der Waals surface area contributed by atoms with Crippen molar-refractivity contribution in [2.45, 2.75) is 102 Å². The van der Waals surface area contributed by atoms with Crippen molar-refractivity contribution in [1.82, 2.24) is 21.3 Å². The van der Waals surface area contributed by atoms with Gasteiger partial charge in [0.15, 0.2) is 12.2 Å². The summed E-state index contributed by atoms with van der Waals surface area (Å²) in [6.45, 7) is 8.86. The second-order valence-electron chi connectivity index (χ2n) is 10.2. The van der Waals surface area contributed by atoms with Crippen molar-refractivity contribution in [3.05, 3.63) is 0 Å². The lowest BCUT2D eigenvalue weighted by Gasteiger charge is -2.34. The van der Waals surface area contributed by atoms with E-state index in [1.807, 2.05) is 0 Å². The minimum absolute atomic E-state index is 0.328. The molecule has 2 aliphatic rings. The minimum atomic E-state index is -1.00. The normalized spacial score (nSPS) is 25.6. The van der Waals surface area contributed by atoms with Gasteiger partial charge in [-0.3, -0.25) is 14.4 Å². The van der Waals surface area contributed by atoms with Crippen LogP contribution in [0.2, 0.25) is 0 Å². The molecule has 0 saturated carbocycles. The van der Waals surface area contributed by atoms with Gasteiger partial charge in [0.2, 0.25) is 5.91 Å². The number of nitrogens with one attached hydrogen (secondary N) is 4. The predicted molar refractivity (Wildman–Crippen MR) is 130 cm³/mol. The first-order valence-electron chi connectivity index (χ1n) is 12.5. The molecular formula is C24H40N4O9. The summed E-state index contributed by atoms with van der Waals surface area (Å²) in [4.78, 5) is 62.3. The lowest BCUT2D eigenvalue weighted by molar-refractivity contribution is -0.148. The van der Waals surface area contributed by atoms with Crippen LogP contribution in [-0.2, 0) is 38.1 Å². The molecule has 2 saturated heterocycles. The maximum absolute atomic E-state index is 12.9. The number of rotatable bonds is 8. The Morgan fingerprint density at radius 1 is 0.811 bits per heavy atom. The molecule has 210 valence electrons. The number of hydrogen-bond acceptors (Lipinski definition) is 9. The number of carbonyl (C=O) groups is 5. The summed E-state index contributed by atoms with van der Waals surface area (Å²) >= 11 is 0. The fourth-order valence-corrected chi connectivity index (χ4v) is 4.03. The van der Waals surface area contributed by atoms with E-state index in [-0.39, 0.29) is 0 Å². The molecule has 2 aliphatic heterocycles. The van der Waals surface area contributed by atoms with Gasteiger partial charge in [-0.25, -0.2) is 9.59 Å². The minimum Gasteiger partial charge on any atom is -0.467 e. The van der Waals surface area contributed by atoms with Crippen LogP contribution in [0.5, 0.6) is 0 Å². The molecule has 0 bridgehead atoms. The lowest BCUT2D eigenvalue weighted by atomic mass is 10.0. The van der Waals surface area contributed by atoms with E-state index in [0.717, 1.165) is 0 Å². The zero-order chi connectivity index (χ0) is 27.8. The van der Waals surface area contributed by atoms with E-state index in [4.69, 9.17) is 14.2 Å². The van der Waals surface area contributed by atoms with Crippen molar-refractivity contribution in [1.29, 1.82) is 0 Å². The Morgan fingerprint density at radius 2 is 1.30 bits per heavy atom. The third-order valence-corrected chi connectivity index (χ3v) is 5.86. The number of ether oxygens (including phenoxy) is 4.